The monoisotopic (exact) mass is 319 g/mol. The summed E-state index contributed by atoms with van der Waals surface area (Å²) in [6.07, 6.45) is 7.08. The van der Waals surface area contributed by atoms with Crippen molar-refractivity contribution in [2.24, 2.45) is 5.92 Å². The number of anilines is 1. The van der Waals surface area contributed by atoms with Gasteiger partial charge in [-0.2, -0.15) is 0 Å². The molecule has 3 aromatic rings. The number of aromatic amines is 1. The molecule has 1 saturated carbocycles. The second-order valence-corrected chi connectivity index (χ2v) is 6.32. The van der Waals surface area contributed by atoms with Crippen LogP contribution in [-0.2, 0) is 0 Å². The first kappa shape index (κ1) is 13.5. The number of H-pyrrole nitrogens is 1. The molecule has 2 aliphatic rings. The van der Waals surface area contributed by atoms with E-state index in [2.05, 4.69) is 43.5 Å². The highest BCUT2D eigenvalue weighted by atomic mass is 16.5. The first-order valence-corrected chi connectivity index (χ1v) is 8.10. The molecule has 3 heterocycles. The van der Waals surface area contributed by atoms with Crippen LogP contribution in [0.5, 0.6) is 5.75 Å². The number of fused-ring (bicyclic) bond motifs is 3. The van der Waals surface area contributed by atoms with Crippen LogP contribution in [0.2, 0.25) is 0 Å². The van der Waals surface area contributed by atoms with Gasteiger partial charge in [0.25, 0.3) is 0 Å². The largest absolute Gasteiger partial charge is 0.493 e. The van der Waals surface area contributed by atoms with Gasteiger partial charge >= 0.3 is 0 Å². The molecule has 0 amide bonds. The van der Waals surface area contributed by atoms with Crippen LogP contribution in [0.25, 0.3) is 11.1 Å². The molecular formula is C18H17N5O. The third kappa shape index (κ3) is 1.92. The predicted molar refractivity (Wildman–Crippen MR) is 90.1 cm³/mol. The van der Waals surface area contributed by atoms with Crippen molar-refractivity contribution in [2.45, 2.75) is 11.8 Å². The summed E-state index contributed by atoms with van der Waals surface area (Å²) in [5.41, 5.74) is 4.59. The van der Waals surface area contributed by atoms with Gasteiger partial charge in [0.05, 0.1) is 12.9 Å². The lowest BCUT2D eigenvalue weighted by molar-refractivity contribution is 0.277. The van der Waals surface area contributed by atoms with Crippen molar-refractivity contribution in [3.05, 3.63) is 54.5 Å². The quantitative estimate of drug-likeness (QED) is 0.776. The summed E-state index contributed by atoms with van der Waals surface area (Å²) >= 11 is 0. The van der Waals surface area contributed by atoms with Crippen molar-refractivity contribution >= 4 is 5.82 Å². The number of nitrogens with one attached hydrogen (secondary N) is 2. The fourth-order valence-electron chi connectivity index (χ4n) is 3.91. The molecule has 0 bridgehead atoms. The molecule has 120 valence electrons. The summed E-state index contributed by atoms with van der Waals surface area (Å²) in [7, 11) is 1.87. The van der Waals surface area contributed by atoms with E-state index < -0.39 is 0 Å². The van der Waals surface area contributed by atoms with Crippen molar-refractivity contribution in [3.8, 4) is 16.9 Å². The van der Waals surface area contributed by atoms with E-state index in [9.17, 15) is 0 Å². The number of nitrogens with zero attached hydrogens (tertiary/aromatic N) is 3. The van der Waals surface area contributed by atoms with Crippen molar-refractivity contribution in [1.29, 1.82) is 0 Å². The van der Waals surface area contributed by atoms with E-state index in [1.54, 1.807) is 12.7 Å². The Labute approximate surface area is 139 Å². The minimum Gasteiger partial charge on any atom is -0.493 e. The molecule has 5 rings (SSSR count). The number of imidazole rings is 1. The maximum absolute atomic E-state index is 5.97. The van der Waals surface area contributed by atoms with Crippen LogP contribution >= 0.6 is 0 Å². The lowest BCUT2D eigenvalue weighted by Crippen LogP contribution is -2.08. The van der Waals surface area contributed by atoms with Gasteiger partial charge in [0.1, 0.15) is 17.9 Å². The van der Waals surface area contributed by atoms with Gasteiger partial charge in [-0.25, -0.2) is 15.0 Å². The molecule has 0 spiro atoms. The number of hydrogen-bond acceptors (Lipinski definition) is 5. The maximum atomic E-state index is 5.97. The summed E-state index contributed by atoms with van der Waals surface area (Å²) < 4.78 is 5.97. The topological polar surface area (TPSA) is 75.7 Å². The highest BCUT2D eigenvalue weighted by Gasteiger charge is 2.56. The number of hydrogen-bond donors (Lipinski definition) is 2. The van der Waals surface area contributed by atoms with Gasteiger partial charge in [-0.1, -0.05) is 6.07 Å². The van der Waals surface area contributed by atoms with Gasteiger partial charge in [-0.15, -0.1) is 0 Å². The van der Waals surface area contributed by atoms with Crippen molar-refractivity contribution in [1.82, 2.24) is 19.9 Å². The zero-order valence-corrected chi connectivity index (χ0v) is 13.2. The predicted octanol–water partition coefficient (Wildman–Crippen LogP) is 2.80. The standard InChI is InChI=1S/C18H17N5O/c1-19-18-12(5-20-9-23-18)10-2-3-15-11(4-10)16-13(7-24-15)17(16)14-6-21-8-22-14/h2-6,8-9,13,16-17H,7H2,1H3,(H,21,22)(H,19,20,23)/t13-,16+,17-/m0/s1. The molecule has 2 N–H and O–H groups in total. The number of benzene rings is 1. The average molecular weight is 319 g/mol. The minimum atomic E-state index is 0.472. The molecule has 1 aliphatic heterocycles. The second kappa shape index (κ2) is 5.06. The molecule has 3 atom stereocenters. The Morgan fingerprint density at radius 3 is 3.00 bits per heavy atom. The average Bonchev–Trinajstić information content (AvgIpc) is 3.13. The van der Waals surface area contributed by atoms with Crippen molar-refractivity contribution in [3.63, 3.8) is 0 Å². The van der Waals surface area contributed by atoms with Gasteiger partial charge in [0, 0.05) is 48.5 Å². The van der Waals surface area contributed by atoms with E-state index in [4.69, 9.17) is 4.74 Å². The molecular weight excluding hydrogens is 302 g/mol. The Bertz CT molecular complexity index is 892. The van der Waals surface area contributed by atoms with Crippen LogP contribution in [0.3, 0.4) is 0 Å². The van der Waals surface area contributed by atoms with E-state index in [0.717, 1.165) is 29.3 Å². The SMILES string of the molecule is CNc1ncncc1-c1ccc2c(c1)[C@@H]1[C@H](CO2)[C@H]1c1cnc[nH]1. The molecule has 6 heteroatoms. The Hall–Kier alpha value is -2.89. The van der Waals surface area contributed by atoms with Gasteiger partial charge in [-0.3, -0.25) is 0 Å². The normalized spacial score (nSPS) is 23.8. The van der Waals surface area contributed by atoms with Crippen LogP contribution in [0.1, 0.15) is 23.1 Å². The summed E-state index contributed by atoms with van der Waals surface area (Å²) in [6.45, 7) is 0.775. The van der Waals surface area contributed by atoms with E-state index in [1.165, 1.54) is 11.3 Å². The minimum absolute atomic E-state index is 0.472. The van der Waals surface area contributed by atoms with Crippen LogP contribution in [-0.4, -0.2) is 33.6 Å². The van der Waals surface area contributed by atoms with Crippen LogP contribution in [0.4, 0.5) is 5.82 Å². The number of ether oxygens (including phenoxy) is 1. The van der Waals surface area contributed by atoms with Crippen molar-refractivity contribution in [2.75, 3.05) is 19.0 Å². The van der Waals surface area contributed by atoms with E-state index in [1.807, 2.05) is 19.4 Å². The van der Waals surface area contributed by atoms with Gasteiger partial charge in [-0.05, 0) is 23.3 Å². The van der Waals surface area contributed by atoms with E-state index in [0.29, 0.717) is 17.8 Å². The van der Waals surface area contributed by atoms with Crippen molar-refractivity contribution < 1.29 is 4.74 Å². The second-order valence-electron chi connectivity index (χ2n) is 6.32. The van der Waals surface area contributed by atoms with Gasteiger partial charge in [0.15, 0.2) is 0 Å². The lowest BCUT2D eigenvalue weighted by atomic mass is 9.99. The summed E-state index contributed by atoms with van der Waals surface area (Å²) in [4.78, 5) is 15.9. The molecule has 24 heavy (non-hydrogen) atoms. The van der Waals surface area contributed by atoms with Gasteiger partial charge < -0.3 is 15.0 Å². The molecule has 0 radical (unpaired) electrons. The maximum Gasteiger partial charge on any atom is 0.137 e. The molecule has 1 aromatic carbocycles. The Kier molecular flexibility index (Phi) is 2.85. The summed E-state index contributed by atoms with van der Waals surface area (Å²) in [5.74, 6) is 3.32. The van der Waals surface area contributed by atoms with Crippen LogP contribution in [0, 0.1) is 5.92 Å². The zero-order chi connectivity index (χ0) is 16.1. The van der Waals surface area contributed by atoms with Crippen LogP contribution < -0.4 is 10.1 Å². The third-order valence-corrected chi connectivity index (χ3v) is 5.11. The molecule has 1 fully saturated rings. The first-order valence-electron chi connectivity index (χ1n) is 8.10. The molecule has 0 saturated heterocycles. The third-order valence-electron chi connectivity index (χ3n) is 5.11. The lowest BCUT2D eigenvalue weighted by Gasteiger charge is -2.17. The fraction of sp³-hybridized carbons (Fsp3) is 0.278. The van der Waals surface area contributed by atoms with Crippen LogP contribution in [0.15, 0.2) is 43.2 Å². The summed E-state index contributed by atoms with van der Waals surface area (Å²) in [6, 6.07) is 6.37. The molecule has 0 unspecified atom stereocenters. The Balaban J connectivity index is 1.56. The fourth-order valence-corrected chi connectivity index (χ4v) is 3.91. The number of rotatable bonds is 3. The number of aromatic nitrogens is 4. The first-order chi connectivity index (χ1) is 11.9. The highest BCUT2D eigenvalue weighted by Crippen LogP contribution is 2.64. The Morgan fingerprint density at radius 2 is 2.17 bits per heavy atom. The highest BCUT2D eigenvalue weighted by molar-refractivity contribution is 5.75. The van der Waals surface area contributed by atoms with Gasteiger partial charge in [0.2, 0.25) is 0 Å². The smallest absolute Gasteiger partial charge is 0.137 e. The molecule has 1 aliphatic carbocycles. The van der Waals surface area contributed by atoms with E-state index >= 15 is 0 Å². The Morgan fingerprint density at radius 1 is 1.21 bits per heavy atom. The summed E-state index contributed by atoms with van der Waals surface area (Å²) in [5, 5.41) is 3.13. The zero-order valence-electron chi connectivity index (χ0n) is 13.2. The molecule has 2 aromatic heterocycles. The van der Waals surface area contributed by atoms with E-state index in [-0.39, 0.29) is 0 Å². The molecule has 6 nitrogen and oxygen atoms in total.